The van der Waals surface area contributed by atoms with Crippen molar-refractivity contribution in [3.63, 3.8) is 0 Å². The van der Waals surface area contributed by atoms with Crippen LogP contribution in [0.25, 0.3) is 5.69 Å². The second-order valence-electron chi connectivity index (χ2n) is 6.79. The van der Waals surface area contributed by atoms with Crippen molar-refractivity contribution in [2.24, 2.45) is 0 Å². The predicted molar refractivity (Wildman–Crippen MR) is 101 cm³/mol. The monoisotopic (exact) mass is 379 g/mol. The van der Waals surface area contributed by atoms with E-state index in [-0.39, 0.29) is 17.7 Å². The molecule has 1 fully saturated rings. The van der Waals surface area contributed by atoms with Gasteiger partial charge in [-0.1, -0.05) is 5.21 Å². The van der Waals surface area contributed by atoms with Crippen LogP contribution in [0.15, 0.2) is 36.7 Å². The number of carbonyl (C=O) groups excluding carboxylic acids is 2. The maximum Gasteiger partial charge on any atom is 0.274 e. The van der Waals surface area contributed by atoms with Crippen LogP contribution in [-0.4, -0.2) is 42.7 Å². The van der Waals surface area contributed by atoms with Gasteiger partial charge in [0.15, 0.2) is 11.5 Å². The molecule has 144 valence electrons. The number of Topliss-reactive ketones (excluding diaryl/α,β-unsaturated/α-hetero) is 1. The summed E-state index contributed by atoms with van der Waals surface area (Å²) < 4.78 is 1.63. The highest BCUT2D eigenvalue weighted by molar-refractivity contribution is 5.94. The normalized spacial score (nSPS) is 13.5. The summed E-state index contributed by atoms with van der Waals surface area (Å²) in [6.45, 7) is 2.43. The SMILES string of the molecule is CC(=O)c1ccc(-n2nnc(C(=O)NC3CC3)c2CNCc2ncc[nH]2)cc1. The molecule has 1 aliphatic carbocycles. The number of hydrogen-bond donors (Lipinski definition) is 3. The minimum Gasteiger partial charge on any atom is -0.348 e. The third-order valence-corrected chi connectivity index (χ3v) is 4.55. The third-order valence-electron chi connectivity index (χ3n) is 4.55. The summed E-state index contributed by atoms with van der Waals surface area (Å²) in [4.78, 5) is 31.3. The molecule has 3 aromatic rings. The molecule has 2 aromatic heterocycles. The lowest BCUT2D eigenvalue weighted by Crippen LogP contribution is -2.28. The van der Waals surface area contributed by atoms with E-state index in [2.05, 4.69) is 30.9 Å². The maximum absolute atomic E-state index is 12.6. The second kappa shape index (κ2) is 7.73. The first kappa shape index (κ1) is 18.1. The molecule has 0 bridgehead atoms. The summed E-state index contributed by atoms with van der Waals surface area (Å²) in [6.07, 6.45) is 5.44. The summed E-state index contributed by atoms with van der Waals surface area (Å²) in [6, 6.07) is 7.30. The zero-order valence-corrected chi connectivity index (χ0v) is 15.5. The van der Waals surface area contributed by atoms with Crippen molar-refractivity contribution >= 4 is 11.7 Å². The molecule has 0 aliphatic heterocycles. The molecule has 2 heterocycles. The van der Waals surface area contributed by atoms with Crippen molar-refractivity contribution in [2.45, 2.75) is 38.9 Å². The van der Waals surface area contributed by atoms with Gasteiger partial charge in [-0.3, -0.25) is 9.59 Å². The van der Waals surface area contributed by atoms with Gasteiger partial charge in [-0.25, -0.2) is 9.67 Å². The highest BCUT2D eigenvalue weighted by atomic mass is 16.2. The number of benzene rings is 1. The number of carbonyl (C=O) groups is 2. The van der Waals surface area contributed by atoms with Crippen LogP contribution < -0.4 is 10.6 Å². The van der Waals surface area contributed by atoms with Crippen molar-refractivity contribution in [3.05, 3.63) is 59.4 Å². The molecule has 1 amide bonds. The Morgan fingerprint density at radius 1 is 1.21 bits per heavy atom. The zero-order chi connectivity index (χ0) is 19.5. The van der Waals surface area contributed by atoms with E-state index >= 15 is 0 Å². The number of rotatable bonds is 8. The van der Waals surface area contributed by atoms with E-state index in [1.807, 2.05) is 0 Å². The second-order valence-corrected chi connectivity index (χ2v) is 6.79. The first-order chi connectivity index (χ1) is 13.6. The topological polar surface area (TPSA) is 118 Å². The molecule has 0 spiro atoms. The standard InChI is InChI=1S/C19H21N7O2/c1-12(27)13-2-6-15(7-3-13)26-16(10-20-11-17-21-8-9-22-17)18(24-25-26)19(28)23-14-4-5-14/h2-3,6-9,14,20H,4-5,10-11H2,1H3,(H,21,22)(H,23,28). The molecule has 1 aliphatic rings. The lowest BCUT2D eigenvalue weighted by atomic mass is 10.1. The van der Waals surface area contributed by atoms with Crippen LogP contribution in [0.4, 0.5) is 0 Å². The number of imidazole rings is 1. The molecule has 1 aromatic carbocycles. The summed E-state index contributed by atoms with van der Waals surface area (Å²) in [5, 5.41) is 14.5. The number of ketones is 1. The molecule has 28 heavy (non-hydrogen) atoms. The van der Waals surface area contributed by atoms with E-state index < -0.39 is 0 Å². The maximum atomic E-state index is 12.6. The van der Waals surface area contributed by atoms with Crippen LogP contribution in [0.1, 0.15) is 52.1 Å². The third kappa shape index (κ3) is 3.99. The summed E-state index contributed by atoms with van der Waals surface area (Å²) in [5.41, 5.74) is 2.31. The van der Waals surface area contributed by atoms with E-state index in [1.165, 1.54) is 6.92 Å². The molecule has 4 rings (SSSR count). The molecule has 0 saturated heterocycles. The number of aromatic nitrogens is 5. The minimum absolute atomic E-state index is 0.00465. The van der Waals surface area contributed by atoms with E-state index in [1.54, 1.807) is 41.3 Å². The Kier molecular flexibility index (Phi) is 4.98. The Balaban J connectivity index is 1.59. The van der Waals surface area contributed by atoms with Gasteiger partial charge in [0.1, 0.15) is 5.82 Å². The molecule has 1 saturated carbocycles. The average Bonchev–Trinajstić information content (AvgIpc) is 3.18. The van der Waals surface area contributed by atoms with Gasteiger partial charge in [0.2, 0.25) is 0 Å². The fraction of sp³-hybridized carbons (Fsp3) is 0.316. The van der Waals surface area contributed by atoms with Gasteiger partial charge in [-0.15, -0.1) is 5.10 Å². The van der Waals surface area contributed by atoms with Gasteiger partial charge in [-0.05, 0) is 44.0 Å². The lowest BCUT2D eigenvalue weighted by Gasteiger charge is -2.10. The Morgan fingerprint density at radius 2 is 2.00 bits per heavy atom. The van der Waals surface area contributed by atoms with Gasteiger partial charge >= 0.3 is 0 Å². The first-order valence-electron chi connectivity index (χ1n) is 9.17. The number of amides is 1. The molecule has 0 radical (unpaired) electrons. The number of aromatic amines is 1. The fourth-order valence-corrected chi connectivity index (χ4v) is 2.86. The van der Waals surface area contributed by atoms with Crippen LogP contribution in [0.5, 0.6) is 0 Å². The smallest absolute Gasteiger partial charge is 0.274 e. The largest absolute Gasteiger partial charge is 0.348 e. The van der Waals surface area contributed by atoms with Gasteiger partial charge in [-0.2, -0.15) is 0 Å². The highest BCUT2D eigenvalue weighted by Gasteiger charge is 2.27. The van der Waals surface area contributed by atoms with Crippen molar-refractivity contribution in [1.29, 1.82) is 0 Å². The molecular formula is C19H21N7O2. The summed E-state index contributed by atoms with van der Waals surface area (Å²) >= 11 is 0. The van der Waals surface area contributed by atoms with Crippen LogP contribution in [0, 0.1) is 0 Å². The van der Waals surface area contributed by atoms with Crippen molar-refractivity contribution in [1.82, 2.24) is 35.6 Å². The number of H-pyrrole nitrogens is 1. The van der Waals surface area contributed by atoms with Crippen LogP contribution in [0.2, 0.25) is 0 Å². The fourth-order valence-electron chi connectivity index (χ4n) is 2.86. The van der Waals surface area contributed by atoms with Crippen molar-refractivity contribution < 1.29 is 9.59 Å². The molecule has 3 N–H and O–H groups in total. The number of nitrogens with one attached hydrogen (secondary N) is 3. The Bertz CT molecular complexity index is 972. The Labute approximate surface area is 161 Å². The predicted octanol–water partition coefficient (Wildman–Crippen LogP) is 1.37. The molecular weight excluding hydrogens is 358 g/mol. The van der Waals surface area contributed by atoms with Gasteiger partial charge in [0.05, 0.1) is 17.9 Å². The van der Waals surface area contributed by atoms with E-state index in [0.717, 1.165) is 24.4 Å². The average molecular weight is 379 g/mol. The number of hydrogen-bond acceptors (Lipinski definition) is 6. The van der Waals surface area contributed by atoms with E-state index in [9.17, 15) is 9.59 Å². The molecule has 0 unspecified atom stereocenters. The molecule has 9 nitrogen and oxygen atoms in total. The van der Waals surface area contributed by atoms with E-state index in [4.69, 9.17) is 0 Å². The summed E-state index contributed by atoms with van der Waals surface area (Å²) in [5.74, 6) is 0.577. The minimum atomic E-state index is -0.219. The molecule has 9 heteroatoms. The lowest BCUT2D eigenvalue weighted by molar-refractivity contribution is 0.0944. The quantitative estimate of drug-likeness (QED) is 0.509. The van der Waals surface area contributed by atoms with E-state index in [0.29, 0.717) is 30.0 Å². The first-order valence-corrected chi connectivity index (χ1v) is 9.17. The Morgan fingerprint density at radius 3 is 2.64 bits per heavy atom. The Hall–Kier alpha value is -3.33. The van der Waals surface area contributed by atoms with Crippen molar-refractivity contribution in [2.75, 3.05) is 0 Å². The van der Waals surface area contributed by atoms with Gasteiger partial charge in [0.25, 0.3) is 5.91 Å². The highest BCUT2D eigenvalue weighted by Crippen LogP contribution is 2.20. The van der Waals surface area contributed by atoms with Gasteiger partial charge < -0.3 is 15.6 Å². The van der Waals surface area contributed by atoms with Crippen LogP contribution in [-0.2, 0) is 13.1 Å². The molecule has 0 atom stereocenters. The van der Waals surface area contributed by atoms with Crippen LogP contribution >= 0.6 is 0 Å². The van der Waals surface area contributed by atoms with Crippen molar-refractivity contribution in [3.8, 4) is 5.69 Å². The summed E-state index contributed by atoms with van der Waals surface area (Å²) in [7, 11) is 0. The van der Waals surface area contributed by atoms with Gasteiger partial charge in [0, 0.05) is 30.5 Å². The zero-order valence-electron chi connectivity index (χ0n) is 15.5. The van der Waals surface area contributed by atoms with Crippen LogP contribution in [0.3, 0.4) is 0 Å². The number of nitrogens with zero attached hydrogens (tertiary/aromatic N) is 4.